The molecule has 11 heteroatoms. The third-order valence-corrected chi connectivity index (χ3v) is 5.49. The van der Waals surface area contributed by atoms with E-state index in [4.69, 9.17) is 11.5 Å². The van der Waals surface area contributed by atoms with Gasteiger partial charge in [0.15, 0.2) is 0 Å². The van der Waals surface area contributed by atoms with Gasteiger partial charge in [-0.05, 0) is 13.8 Å². The van der Waals surface area contributed by atoms with E-state index in [1.807, 2.05) is 6.20 Å². The molecule has 1 aliphatic heterocycles. The second-order valence-corrected chi connectivity index (χ2v) is 7.43. The van der Waals surface area contributed by atoms with Gasteiger partial charge >= 0.3 is 0 Å². The fourth-order valence-electron chi connectivity index (χ4n) is 2.43. The number of nitrogens with two attached hydrogens (primary N) is 2. The van der Waals surface area contributed by atoms with Crippen molar-refractivity contribution in [2.45, 2.75) is 36.6 Å². The van der Waals surface area contributed by atoms with Crippen LogP contribution in [0.15, 0.2) is 23.9 Å². The zero-order valence-electron chi connectivity index (χ0n) is 16.0. The van der Waals surface area contributed by atoms with Crippen molar-refractivity contribution in [1.29, 1.82) is 0 Å². The molecular weight excluding hydrogens is 380 g/mol. The van der Waals surface area contributed by atoms with Crippen LogP contribution >= 0.6 is 11.8 Å². The van der Waals surface area contributed by atoms with Crippen molar-refractivity contribution in [3.05, 3.63) is 29.5 Å². The van der Waals surface area contributed by atoms with Crippen molar-refractivity contribution >= 4 is 23.6 Å². The molecule has 0 spiro atoms. The Kier molecular flexibility index (Phi) is 7.60. The molecule has 0 bridgehead atoms. The van der Waals surface area contributed by atoms with Crippen LogP contribution in [0.25, 0.3) is 0 Å². The fraction of sp³-hybridized carbons (Fsp3) is 0.471. The molecule has 0 radical (unpaired) electrons. The summed E-state index contributed by atoms with van der Waals surface area (Å²) >= 11 is 1.66. The Labute approximate surface area is 168 Å². The number of rotatable bonds is 9. The molecular formula is C17H26N8O2S. The van der Waals surface area contributed by atoms with E-state index >= 15 is 0 Å². The maximum absolute atomic E-state index is 12.5. The molecule has 28 heavy (non-hydrogen) atoms. The summed E-state index contributed by atoms with van der Waals surface area (Å²) in [5.41, 5.74) is 13.1. The highest BCUT2D eigenvalue weighted by atomic mass is 32.2. The van der Waals surface area contributed by atoms with Crippen LogP contribution in [0.4, 0.5) is 0 Å². The van der Waals surface area contributed by atoms with Crippen LogP contribution in [0.2, 0.25) is 0 Å². The van der Waals surface area contributed by atoms with Gasteiger partial charge in [0, 0.05) is 24.1 Å². The van der Waals surface area contributed by atoms with Crippen LogP contribution in [-0.4, -0.2) is 53.1 Å². The largest absolute Gasteiger partial charge is 0.384 e. The van der Waals surface area contributed by atoms with Crippen molar-refractivity contribution in [2.24, 2.45) is 11.5 Å². The number of aromatic amines is 1. The van der Waals surface area contributed by atoms with E-state index in [0.29, 0.717) is 0 Å². The standard InChI is InChI=1S/C17H26N8O2S/c1-4-5-6-21-17(27)11(14(18)20-3)24-9(2)16(26)25-15(19)13-12(28-13)10-7-22-23-8-10/h7-9,12-13,15,20,24H,6,18-19H2,1-3H3,(H,21,27)(H,22,23)(H,25,26)/b14-11+/t9-,12+,13?,15?/m0/s1. The van der Waals surface area contributed by atoms with Crippen LogP contribution in [0, 0.1) is 11.8 Å². The van der Waals surface area contributed by atoms with Crippen molar-refractivity contribution in [3.8, 4) is 11.8 Å². The first-order chi connectivity index (χ1) is 13.4. The van der Waals surface area contributed by atoms with Gasteiger partial charge in [-0.15, -0.1) is 17.7 Å². The molecule has 1 saturated heterocycles. The first-order valence-corrected chi connectivity index (χ1v) is 9.65. The fourth-order valence-corrected chi connectivity index (χ4v) is 3.52. The monoisotopic (exact) mass is 406 g/mol. The normalized spacial score (nSPS) is 20.6. The van der Waals surface area contributed by atoms with E-state index in [1.165, 1.54) is 0 Å². The second kappa shape index (κ2) is 9.91. The minimum Gasteiger partial charge on any atom is -0.384 e. The number of hydrogen-bond acceptors (Lipinski definition) is 8. The van der Waals surface area contributed by atoms with Crippen LogP contribution < -0.4 is 32.7 Å². The lowest BCUT2D eigenvalue weighted by molar-refractivity contribution is -0.123. The van der Waals surface area contributed by atoms with Gasteiger partial charge in [0.1, 0.15) is 17.6 Å². The molecule has 1 aromatic rings. The zero-order chi connectivity index (χ0) is 20.7. The van der Waals surface area contributed by atoms with Crippen molar-refractivity contribution in [2.75, 3.05) is 13.6 Å². The second-order valence-electron chi connectivity index (χ2n) is 6.10. The van der Waals surface area contributed by atoms with Crippen LogP contribution in [0.5, 0.6) is 0 Å². The Morgan fingerprint density at radius 2 is 2.18 bits per heavy atom. The van der Waals surface area contributed by atoms with Crippen molar-refractivity contribution < 1.29 is 9.59 Å². The number of thioether (sulfide) groups is 1. The Bertz CT molecular complexity index is 783. The highest BCUT2D eigenvalue weighted by Crippen LogP contribution is 2.55. The molecule has 0 aromatic carbocycles. The van der Waals surface area contributed by atoms with Gasteiger partial charge in [-0.25, -0.2) is 0 Å². The molecule has 4 atom stereocenters. The van der Waals surface area contributed by atoms with Gasteiger partial charge in [0.2, 0.25) is 5.91 Å². The summed E-state index contributed by atoms with van der Waals surface area (Å²) in [5, 5.41) is 17.9. The maximum atomic E-state index is 12.5. The van der Waals surface area contributed by atoms with E-state index in [-0.39, 0.29) is 34.5 Å². The molecule has 1 aliphatic rings. The predicted octanol–water partition coefficient (Wildman–Crippen LogP) is -1.57. The molecule has 0 aliphatic carbocycles. The predicted molar refractivity (Wildman–Crippen MR) is 108 cm³/mol. The molecule has 2 heterocycles. The summed E-state index contributed by atoms with van der Waals surface area (Å²) in [6.07, 6.45) is 3.04. The summed E-state index contributed by atoms with van der Waals surface area (Å²) in [5.74, 6) is 4.73. The number of carbonyl (C=O) groups is 2. The Morgan fingerprint density at radius 3 is 2.79 bits per heavy atom. The molecule has 1 fully saturated rings. The topological polar surface area (TPSA) is 163 Å². The first-order valence-electron chi connectivity index (χ1n) is 8.71. The highest BCUT2D eigenvalue weighted by Gasteiger charge is 2.45. The Balaban J connectivity index is 1.91. The van der Waals surface area contributed by atoms with Crippen LogP contribution in [0.1, 0.15) is 24.7 Å². The maximum Gasteiger partial charge on any atom is 0.271 e. The number of nitrogens with one attached hydrogen (secondary N) is 5. The molecule has 2 unspecified atom stereocenters. The number of carbonyl (C=O) groups excluding carboxylic acids is 2. The third kappa shape index (κ3) is 5.58. The van der Waals surface area contributed by atoms with Crippen molar-refractivity contribution in [3.63, 3.8) is 0 Å². The number of H-pyrrole nitrogens is 1. The number of amides is 2. The van der Waals surface area contributed by atoms with E-state index < -0.39 is 18.1 Å². The summed E-state index contributed by atoms with van der Waals surface area (Å²) in [6, 6.07) is -0.730. The van der Waals surface area contributed by atoms with E-state index in [2.05, 4.69) is 43.3 Å². The van der Waals surface area contributed by atoms with Gasteiger partial charge in [-0.1, -0.05) is 5.92 Å². The molecule has 1 aromatic heterocycles. The summed E-state index contributed by atoms with van der Waals surface area (Å²) in [7, 11) is 1.58. The SMILES string of the molecule is CC#CCNC(=O)/C(N[C@@H](C)C(=O)NC(N)C1S[C@@H]1c1cn[nH]c1)=C(/N)NC. The molecule has 10 nitrogen and oxygen atoms in total. The van der Waals surface area contributed by atoms with Gasteiger partial charge in [-0.2, -0.15) is 5.10 Å². The van der Waals surface area contributed by atoms with Crippen LogP contribution in [-0.2, 0) is 9.59 Å². The van der Waals surface area contributed by atoms with Gasteiger partial charge in [0.25, 0.3) is 5.91 Å². The van der Waals surface area contributed by atoms with Gasteiger partial charge in [-0.3, -0.25) is 14.7 Å². The average molecular weight is 407 g/mol. The Morgan fingerprint density at radius 1 is 1.43 bits per heavy atom. The van der Waals surface area contributed by atoms with E-state index in [1.54, 1.807) is 38.9 Å². The average Bonchev–Trinajstić information content (AvgIpc) is 3.30. The minimum absolute atomic E-state index is 0.0636. The molecule has 152 valence electrons. The summed E-state index contributed by atoms with van der Waals surface area (Å²) < 4.78 is 0. The van der Waals surface area contributed by atoms with Crippen LogP contribution in [0.3, 0.4) is 0 Å². The minimum atomic E-state index is -0.730. The highest BCUT2D eigenvalue weighted by molar-refractivity contribution is 8.07. The number of nitrogens with zero attached hydrogens (tertiary/aromatic N) is 1. The lowest BCUT2D eigenvalue weighted by Gasteiger charge is -2.21. The Hall–Kier alpha value is -2.84. The summed E-state index contributed by atoms with van der Waals surface area (Å²) in [4.78, 5) is 24.8. The van der Waals surface area contributed by atoms with E-state index in [0.717, 1.165) is 5.56 Å². The van der Waals surface area contributed by atoms with E-state index in [9.17, 15) is 9.59 Å². The third-order valence-electron chi connectivity index (χ3n) is 4.07. The zero-order valence-corrected chi connectivity index (χ0v) is 16.8. The number of hydrogen-bond donors (Lipinski definition) is 7. The summed E-state index contributed by atoms with van der Waals surface area (Å²) in [6.45, 7) is 3.48. The lowest BCUT2D eigenvalue weighted by atomic mass is 10.1. The molecule has 9 N–H and O–H groups in total. The number of aromatic nitrogens is 2. The van der Waals surface area contributed by atoms with Gasteiger partial charge in [0.05, 0.1) is 24.2 Å². The molecule has 2 rings (SSSR count). The molecule has 0 saturated carbocycles. The van der Waals surface area contributed by atoms with Crippen molar-refractivity contribution in [1.82, 2.24) is 31.5 Å². The smallest absolute Gasteiger partial charge is 0.271 e. The molecule has 2 amide bonds. The first kappa shape index (κ1) is 21.5. The van der Waals surface area contributed by atoms with Gasteiger partial charge < -0.3 is 32.7 Å². The quantitative estimate of drug-likeness (QED) is 0.112. The lowest BCUT2D eigenvalue weighted by Crippen LogP contribution is -2.53.